The average molecular weight is 257 g/mol. The van der Waals surface area contributed by atoms with Gasteiger partial charge >= 0.3 is 5.97 Å². The van der Waals surface area contributed by atoms with Crippen LogP contribution in [0.2, 0.25) is 5.02 Å². The highest BCUT2D eigenvalue weighted by Gasteiger charge is 2.38. The maximum absolute atomic E-state index is 13.1. The molecule has 0 bridgehead atoms. The Balaban J connectivity index is 3.22. The number of carbonyl (C=O) groups is 1. The topological polar surface area (TPSA) is 37.3 Å². The summed E-state index contributed by atoms with van der Waals surface area (Å²) in [5, 5.41) is 7.56. The van der Waals surface area contributed by atoms with Crippen LogP contribution < -0.4 is 0 Å². The van der Waals surface area contributed by atoms with Gasteiger partial charge in [0.2, 0.25) is 0 Å². The molecule has 0 aromatic heterocycles. The second-order valence-electron chi connectivity index (χ2n) is 3.02. The van der Waals surface area contributed by atoms with Crippen LogP contribution in [0.4, 0.5) is 17.6 Å². The fourth-order valence-electron chi connectivity index (χ4n) is 1.09. The lowest BCUT2D eigenvalue weighted by molar-refractivity contribution is -0.145. The van der Waals surface area contributed by atoms with E-state index in [-0.39, 0.29) is 6.07 Å². The Labute approximate surface area is 92.4 Å². The molecule has 0 aliphatic heterocycles. The van der Waals surface area contributed by atoms with E-state index in [4.69, 9.17) is 16.7 Å². The van der Waals surface area contributed by atoms with Gasteiger partial charge in [-0.3, -0.25) is 4.79 Å². The predicted molar refractivity (Wildman–Crippen MR) is 47.5 cm³/mol. The highest BCUT2D eigenvalue weighted by atomic mass is 35.5. The van der Waals surface area contributed by atoms with Crippen LogP contribution in [0.15, 0.2) is 12.1 Å². The molecule has 2 nitrogen and oxygen atoms in total. The van der Waals surface area contributed by atoms with Crippen LogP contribution in [0, 0.1) is 11.6 Å². The molecule has 0 heterocycles. The van der Waals surface area contributed by atoms with Crippen LogP contribution >= 0.6 is 11.6 Å². The van der Waals surface area contributed by atoms with Gasteiger partial charge in [-0.2, -0.15) is 0 Å². The molecule has 88 valence electrons. The van der Waals surface area contributed by atoms with E-state index in [9.17, 15) is 22.4 Å². The minimum absolute atomic E-state index is 0.195. The van der Waals surface area contributed by atoms with Crippen molar-refractivity contribution in [2.24, 2.45) is 0 Å². The van der Waals surface area contributed by atoms with Crippen molar-refractivity contribution in [1.82, 2.24) is 0 Å². The Morgan fingerprint density at radius 2 is 1.88 bits per heavy atom. The van der Waals surface area contributed by atoms with Crippen molar-refractivity contribution in [2.45, 2.75) is 12.3 Å². The summed E-state index contributed by atoms with van der Waals surface area (Å²) in [7, 11) is 0. The molecule has 0 saturated carbocycles. The summed E-state index contributed by atoms with van der Waals surface area (Å²) < 4.78 is 52.2. The Morgan fingerprint density at radius 3 is 2.38 bits per heavy atom. The number of carboxylic acids is 1. The van der Waals surface area contributed by atoms with Crippen molar-refractivity contribution >= 4 is 17.6 Å². The molecule has 0 fully saturated rings. The molecule has 1 aromatic carbocycles. The molecule has 1 N–H and O–H groups in total. The van der Waals surface area contributed by atoms with E-state index in [1.807, 2.05) is 0 Å². The SMILES string of the molecule is O=C(O)CC(F)(F)c1cc(F)c(Cl)cc1F. The molecule has 0 amide bonds. The first-order chi connectivity index (χ1) is 7.24. The number of rotatable bonds is 3. The van der Waals surface area contributed by atoms with Gasteiger partial charge in [-0.15, -0.1) is 0 Å². The number of alkyl halides is 2. The molecule has 16 heavy (non-hydrogen) atoms. The first-order valence-electron chi connectivity index (χ1n) is 3.98. The van der Waals surface area contributed by atoms with E-state index in [1.54, 1.807) is 0 Å². The van der Waals surface area contributed by atoms with Crippen molar-refractivity contribution in [1.29, 1.82) is 0 Å². The second kappa shape index (κ2) is 4.29. The van der Waals surface area contributed by atoms with Crippen molar-refractivity contribution in [3.8, 4) is 0 Å². The van der Waals surface area contributed by atoms with Gasteiger partial charge in [0.1, 0.15) is 18.1 Å². The van der Waals surface area contributed by atoms with E-state index in [2.05, 4.69) is 0 Å². The third-order valence-electron chi connectivity index (χ3n) is 1.78. The summed E-state index contributed by atoms with van der Waals surface area (Å²) in [5.74, 6) is -8.48. The second-order valence-corrected chi connectivity index (χ2v) is 3.43. The lowest BCUT2D eigenvalue weighted by Crippen LogP contribution is -2.20. The maximum atomic E-state index is 13.1. The quantitative estimate of drug-likeness (QED) is 0.666. The van der Waals surface area contributed by atoms with Crippen LogP contribution in [-0.2, 0) is 10.7 Å². The fourth-order valence-corrected chi connectivity index (χ4v) is 1.24. The van der Waals surface area contributed by atoms with Crippen molar-refractivity contribution in [3.05, 3.63) is 34.4 Å². The van der Waals surface area contributed by atoms with E-state index in [1.165, 1.54) is 0 Å². The molecule has 0 saturated heterocycles. The molecule has 0 atom stereocenters. The molecule has 1 rings (SSSR count). The smallest absolute Gasteiger partial charge is 0.309 e. The van der Waals surface area contributed by atoms with Crippen LogP contribution in [-0.4, -0.2) is 11.1 Å². The molecular formula is C9H5ClF4O2. The number of carboxylic acid groups (broad SMARTS) is 1. The van der Waals surface area contributed by atoms with Gasteiger partial charge in [0.25, 0.3) is 5.92 Å². The summed E-state index contributed by atoms with van der Waals surface area (Å²) in [6.07, 6.45) is -1.62. The standard InChI is InChI=1S/C9H5ClF4O2/c10-5-2-6(11)4(1-7(5)12)9(13,14)3-8(15)16/h1-2H,3H2,(H,15,16). The zero-order valence-corrected chi connectivity index (χ0v) is 8.36. The highest BCUT2D eigenvalue weighted by molar-refractivity contribution is 6.30. The zero-order chi connectivity index (χ0) is 12.5. The Kier molecular flexibility index (Phi) is 3.42. The number of halogens is 5. The average Bonchev–Trinajstić information content (AvgIpc) is 2.08. The molecule has 1 aromatic rings. The van der Waals surface area contributed by atoms with Gasteiger partial charge in [-0.25, -0.2) is 17.6 Å². The van der Waals surface area contributed by atoms with Crippen LogP contribution in [0.25, 0.3) is 0 Å². The van der Waals surface area contributed by atoms with Gasteiger partial charge in [0.05, 0.1) is 10.6 Å². The van der Waals surface area contributed by atoms with E-state index < -0.39 is 40.5 Å². The summed E-state index contributed by atoms with van der Waals surface area (Å²) >= 11 is 5.17. The minimum Gasteiger partial charge on any atom is -0.481 e. The summed E-state index contributed by atoms with van der Waals surface area (Å²) in [4.78, 5) is 10.1. The number of aliphatic carboxylic acids is 1. The molecule has 0 radical (unpaired) electrons. The third kappa shape index (κ3) is 2.63. The zero-order valence-electron chi connectivity index (χ0n) is 7.61. The van der Waals surface area contributed by atoms with Crippen molar-refractivity contribution in [2.75, 3.05) is 0 Å². The lowest BCUT2D eigenvalue weighted by atomic mass is 10.0. The van der Waals surface area contributed by atoms with Gasteiger partial charge in [-0.05, 0) is 12.1 Å². The number of hydrogen-bond acceptors (Lipinski definition) is 1. The van der Waals surface area contributed by atoms with Crippen molar-refractivity contribution in [3.63, 3.8) is 0 Å². The Hall–Kier alpha value is -1.30. The molecule has 7 heteroatoms. The Bertz CT molecular complexity index is 434. The van der Waals surface area contributed by atoms with Crippen LogP contribution in [0.5, 0.6) is 0 Å². The first-order valence-corrected chi connectivity index (χ1v) is 4.36. The Morgan fingerprint density at radius 1 is 1.31 bits per heavy atom. The van der Waals surface area contributed by atoms with Crippen LogP contribution in [0.3, 0.4) is 0 Å². The van der Waals surface area contributed by atoms with E-state index >= 15 is 0 Å². The molecule has 0 spiro atoms. The number of benzene rings is 1. The highest BCUT2D eigenvalue weighted by Crippen LogP contribution is 2.35. The number of hydrogen-bond donors (Lipinski definition) is 1. The van der Waals surface area contributed by atoms with Gasteiger partial charge < -0.3 is 5.11 Å². The van der Waals surface area contributed by atoms with Crippen molar-refractivity contribution < 1.29 is 27.5 Å². The fraction of sp³-hybridized carbons (Fsp3) is 0.222. The predicted octanol–water partition coefficient (Wildman–Crippen LogP) is 3.18. The first kappa shape index (κ1) is 12.8. The van der Waals surface area contributed by atoms with E-state index in [0.717, 1.165) is 0 Å². The normalized spacial score (nSPS) is 11.6. The summed E-state index contributed by atoms with van der Waals surface area (Å²) in [6, 6.07) is 0.572. The lowest BCUT2D eigenvalue weighted by Gasteiger charge is -2.15. The molecule has 0 aliphatic rings. The maximum Gasteiger partial charge on any atom is 0.309 e. The molecule has 0 aliphatic carbocycles. The van der Waals surface area contributed by atoms with E-state index in [0.29, 0.717) is 6.07 Å². The van der Waals surface area contributed by atoms with Gasteiger partial charge in [-0.1, -0.05) is 11.6 Å². The van der Waals surface area contributed by atoms with Gasteiger partial charge in [0, 0.05) is 0 Å². The van der Waals surface area contributed by atoms with Gasteiger partial charge in [0.15, 0.2) is 0 Å². The minimum atomic E-state index is -3.98. The van der Waals surface area contributed by atoms with Crippen LogP contribution in [0.1, 0.15) is 12.0 Å². The molecular weight excluding hydrogens is 252 g/mol. The molecule has 0 unspecified atom stereocenters. The summed E-state index contributed by atoms with van der Waals surface area (Å²) in [6.45, 7) is 0. The largest absolute Gasteiger partial charge is 0.481 e. The summed E-state index contributed by atoms with van der Waals surface area (Å²) in [5.41, 5.74) is -1.32. The third-order valence-corrected chi connectivity index (χ3v) is 2.07. The monoisotopic (exact) mass is 256 g/mol.